The number of benzene rings is 1. The maximum absolute atomic E-state index is 12.1. The molecule has 0 fully saturated rings. The van der Waals surface area contributed by atoms with Gasteiger partial charge >= 0.3 is 0 Å². The van der Waals surface area contributed by atoms with E-state index in [9.17, 15) is 4.79 Å². The molecule has 0 saturated heterocycles. The Morgan fingerprint density at radius 3 is 2.84 bits per heavy atom. The number of thiophene rings is 1. The first-order chi connectivity index (χ1) is 9.13. The van der Waals surface area contributed by atoms with E-state index in [1.54, 1.807) is 18.2 Å². The van der Waals surface area contributed by atoms with Crippen molar-refractivity contribution in [3.8, 4) is 11.5 Å². The monoisotopic (exact) mass is 339 g/mol. The number of hydrogen-bond acceptors (Lipinski definition) is 4. The van der Waals surface area contributed by atoms with E-state index in [-0.39, 0.29) is 12.7 Å². The molecule has 6 heteroatoms. The smallest absolute Gasteiger partial charge is 0.265 e. The highest BCUT2D eigenvalue weighted by Crippen LogP contribution is 2.34. The van der Waals surface area contributed by atoms with E-state index < -0.39 is 0 Å². The summed E-state index contributed by atoms with van der Waals surface area (Å²) in [5, 5.41) is 2.84. The summed E-state index contributed by atoms with van der Waals surface area (Å²) in [6.45, 7) is 2.18. The number of amides is 1. The van der Waals surface area contributed by atoms with E-state index in [2.05, 4.69) is 21.2 Å². The van der Waals surface area contributed by atoms with Crippen molar-refractivity contribution in [2.45, 2.75) is 6.92 Å². The van der Waals surface area contributed by atoms with Crippen molar-refractivity contribution in [2.24, 2.45) is 0 Å². The lowest BCUT2D eigenvalue weighted by Gasteiger charge is -2.04. The predicted octanol–water partition coefficient (Wildman–Crippen LogP) is 3.80. The zero-order valence-electron chi connectivity index (χ0n) is 10.0. The van der Waals surface area contributed by atoms with Gasteiger partial charge in [0.2, 0.25) is 6.79 Å². The normalized spacial score (nSPS) is 12.5. The van der Waals surface area contributed by atoms with Gasteiger partial charge < -0.3 is 14.8 Å². The lowest BCUT2D eigenvalue weighted by molar-refractivity contribution is 0.103. The number of anilines is 1. The largest absolute Gasteiger partial charge is 0.454 e. The molecule has 0 spiro atoms. The molecule has 0 atom stereocenters. The van der Waals surface area contributed by atoms with Gasteiger partial charge in [0.15, 0.2) is 11.5 Å². The number of ether oxygens (including phenoxy) is 2. The molecular formula is C13H10BrNO3S. The molecule has 2 heterocycles. The molecule has 4 nitrogen and oxygen atoms in total. The van der Waals surface area contributed by atoms with Gasteiger partial charge in [0.1, 0.15) is 0 Å². The van der Waals surface area contributed by atoms with E-state index >= 15 is 0 Å². The van der Waals surface area contributed by atoms with E-state index in [4.69, 9.17) is 9.47 Å². The van der Waals surface area contributed by atoms with Crippen LogP contribution in [0.25, 0.3) is 0 Å². The van der Waals surface area contributed by atoms with E-state index in [1.165, 1.54) is 11.3 Å². The maximum Gasteiger partial charge on any atom is 0.265 e. The summed E-state index contributed by atoms with van der Waals surface area (Å²) < 4.78 is 11.5. The Hall–Kier alpha value is -1.53. The van der Waals surface area contributed by atoms with Gasteiger partial charge in [-0.05, 0) is 46.6 Å². The second-order valence-corrected chi connectivity index (χ2v) is 6.46. The number of rotatable bonds is 2. The molecule has 1 aliphatic heterocycles. The number of hydrogen-bond donors (Lipinski definition) is 1. The summed E-state index contributed by atoms with van der Waals surface area (Å²) in [6, 6.07) is 7.20. The van der Waals surface area contributed by atoms with Crippen molar-refractivity contribution in [1.82, 2.24) is 0 Å². The summed E-state index contributed by atoms with van der Waals surface area (Å²) in [7, 11) is 0. The lowest BCUT2D eigenvalue weighted by atomic mass is 10.2. The zero-order valence-corrected chi connectivity index (χ0v) is 12.4. The molecule has 0 radical (unpaired) electrons. The zero-order chi connectivity index (χ0) is 13.4. The average molecular weight is 340 g/mol. The summed E-state index contributed by atoms with van der Waals surface area (Å²) in [4.78, 5) is 12.8. The molecule has 0 aliphatic carbocycles. The molecule has 0 bridgehead atoms. The molecule has 98 valence electrons. The molecule has 1 aliphatic rings. The van der Waals surface area contributed by atoms with Crippen molar-refractivity contribution < 1.29 is 14.3 Å². The molecule has 3 rings (SSSR count). The van der Waals surface area contributed by atoms with Crippen molar-refractivity contribution in [2.75, 3.05) is 12.1 Å². The van der Waals surface area contributed by atoms with Crippen LogP contribution in [0.2, 0.25) is 0 Å². The van der Waals surface area contributed by atoms with Crippen molar-refractivity contribution >= 4 is 38.9 Å². The SMILES string of the molecule is Cc1cc(C(=O)Nc2ccc3c(c2)OCO3)sc1Br. The Labute approximate surface area is 122 Å². The van der Waals surface area contributed by atoms with Crippen LogP contribution in [0, 0.1) is 6.92 Å². The fourth-order valence-corrected chi connectivity index (χ4v) is 3.17. The first-order valence-electron chi connectivity index (χ1n) is 5.60. The van der Waals surface area contributed by atoms with Crippen LogP contribution in [0.3, 0.4) is 0 Å². The molecule has 1 N–H and O–H groups in total. The number of halogens is 1. The predicted molar refractivity (Wildman–Crippen MR) is 77.3 cm³/mol. The van der Waals surface area contributed by atoms with Gasteiger partial charge in [-0.1, -0.05) is 0 Å². The molecular weight excluding hydrogens is 330 g/mol. The first-order valence-corrected chi connectivity index (χ1v) is 7.21. The minimum Gasteiger partial charge on any atom is -0.454 e. The average Bonchev–Trinajstić information content (AvgIpc) is 2.96. The number of carbonyl (C=O) groups is 1. The fourth-order valence-electron chi connectivity index (χ4n) is 1.74. The topological polar surface area (TPSA) is 47.6 Å². The van der Waals surface area contributed by atoms with Crippen molar-refractivity contribution in [3.05, 3.63) is 38.5 Å². The number of fused-ring (bicyclic) bond motifs is 1. The van der Waals surface area contributed by atoms with Gasteiger partial charge in [0, 0.05) is 11.8 Å². The highest BCUT2D eigenvalue weighted by Gasteiger charge is 2.15. The van der Waals surface area contributed by atoms with Crippen LogP contribution >= 0.6 is 27.3 Å². The summed E-state index contributed by atoms with van der Waals surface area (Å²) >= 11 is 4.83. The minimum atomic E-state index is -0.127. The van der Waals surface area contributed by atoms with Gasteiger partial charge in [-0.2, -0.15) is 0 Å². The van der Waals surface area contributed by atoms with Crippen molar-refractivity contribution in [1.29, 1.82) is 0 Å². The van der Waals surface area contributed by atoms with Crippen molar-refractivity contribution in [3.63, 3.8) is 0 Å². The summed E-state index contributed by atoms with van der Waals surface area (Å²) in [6.07, 6.45) is 0. The second kappa shape index (κ2) is 4.86. The van der Waals surface area contributed by atoms with Gasteiger partial charge in [0.05, 0.1) is 8.66 Å². The van der Waals surface area contributed by atoms with Crippen LogP contribution in [0.5, 0.6) is 11.5 Å². The van der Waals surface area contributed by atoms with E-state index in [1.807, 2.05) is 13.0 Å². The van der Waals surface area contributed by atoms with Gasteiger partial charge in [0.25, 0.3) is 5.91 Å². The van der Waals surface area contributed by atoms with Gasteiger partial charge in [-0.15, -0.1) is 11.3 Å². The van der Waals surface area contributed by atoms with Crippen LogP contribution in [-0.4, -0.2) is 12.7 Å². The number of nitrogens with one attached hydrogen (secondary N) is 1. The third kappa shape index (κ3) is 2.46. The maximum atomic E-state index is 12.1. The Kier molecular flexibility index (Phi) is 3.20. The highest BCUT2D eigenvalue weighted by atomic mass is 79.9. The fraction of sp³-hybridized carbons (Fsp3) is 0.154. The lowest BCUT2D eigenvalue weighted by Crippen LogP contribution is -2.09. The van der Waals surface area contributed by atoms with Gasteiger partial charge in [-0.3, -0.25) is 4.79 Å². The third-order valence-corrected chi connectivity index (χ3v) is 4.85. The Bertz CT molecular complexity index is 634. The van der Waals surface area contributed by atoms with Crippen LogP contribution in [0.4, 0.5) is 5.69 Å². The van der Waals surface area contributed by atoms with Crippen LogP contribution < -0.4 is 14.8 Å². The molecule has 0 unspecified atom stereocenters. The molecule has 0 saturated carbocycles. The van der Waals surface area contributed by atoms with Gasteiger partial charge in [-0.25, -0.2) is 0 Å². The van der Waals surface area contributed by atoms with Crippen LogP contribution in [0.1, 0.15) is 15.2 Å². The second-order valence-electron chi connectivity index (χ2n) is 4.09. The molecule has 1 aromatic heterocycles. The van der Waals surface area contributed by atoms with E-state index in [0.29, 0.717) is 22.1 Å². The Balaban J connectivity index is 1.79. The Morgan fingerprint density at radius 1 is 1.32 bits per heavy atom. The molecule has 1 amide bonds. The van der Waals surface area contributed by atoms with E-state index in [0.717, 1.165) is 9.35 Å². The number of carbonyl (C=O) groups excluding carboxylic acids is 1. The molecule has 1 aromatic carbocycles. The number of aryl methyl sites for hydroxylation is 1. The quantitative estimate of drug-likeness (QED) is 0.905. The summed E-state index contributed by atoms with van der Waals surface area (Å²) in [5.74, 6) is 1.23. The molecule has 2 aromatic rings. The van der Waals surface area contributed by atoms with Crippen LogP contribution in [-0.2, 0) is 0 Å². The third-order valence-electron chi connectivity index (χ3n) is 2.71. The van der Waals surface area contributed by atoms with Crippen LogP contribution in [0.15, 0.2) is 28.1 Å². The minimum absolute atomic E-state index is 0.127. The standard InChI is InChI=1S/C13H10BrNO3S/c1-7-4-11(19-12(7)14)13(16)15-8-2-3-9-10(5-8)18-6-17-9/h2-5H,6H2,1H3,(H,15,16). The summed E-state index contributed by atoms with van der Waals surface area (Å²) in [5.41, 5.74) is 1.75. The Morgan fingerprint density at radius 2 is 2.11 bits per heavy atom. The highest BCUT2D eigenvalue weighted by molar-refractivity contribution is 9.11. The first kappa shape index (κ1) is 12.5. The molecule has 19 heavy (non-hydrogen) atoms.